The van der Waals surface area contributed by atoms with E-state index in [1.54, 1.807) is 11.3 Å². The highest BCUT2D eigenvalue weighted by atomic mass is 32.1. The third-order valence-corrected chi connectivity index (χ3v) is 4.99. The van der Waals surface area contributed by atoms with Crippen molar-refractivity contribution in [3.8, 4) is 0 Å². The maximum Gasteiger partial charge on any atom is 0.113 e. The zero-order valence-electron chi connectivity index (χ0n) is 12.4. The highest BCUT2D eigenvalue weighted by molar-refractivity contribution is 7.11. The first-order chi connectivity index (χ1) is 9.63. The molecule has 0 saturated heterocycles. The molecule has 1 N–H and O–H groups in total. The molecule has 20 heavy (non-hydrogen) atoms. The fourth-order valence-electron chi connectivity index (χ4n) is 3.00. The number of rotatable bonds is 4. The van der Waals surface area contributed by atoms with E-state index in [4.69, 9.17) is 4.98 Å². The van der Waals surface area contributed by atoms with Crippen molar-refractivity contribution in [2.24, 2.45) is 0 Å². The molecule has 0 unspecified atom stereocenters. The molecule has 2 aromatic rings. The van der Waals surface area contributed by atoms with Crippen molar-refractivity contribution in [2.75, 3.05) is 6.54 Å². The van der Waals surface area contributed by atoms with Gasteiger partial charge in [-0.1, -0.05) is 0 Å². The van der Waals surface area contributed by atoms with E-state index < -0.39 is 0 Å². The number of imidazole rings is 1. The van der Waals surface area contributed by atoms with Crippen LogP contribution in [0.4, 0.5) is 0 Å². The first-order valence-corrected chi connectivity index (χ1v) is 8.12. The van der Waals surface area contributed by atoms with E-state index in [1.807, 2.05) is 0 Å². The van der Waals surface area contributed by atoms with E-state index in [0.717, 1.165) is 30.3 Å². The summed E-state index contributed by atoms with van der Waals surface area (Å²) in [4.78, 5) is 10.5. The fourth-order valence-corrected chi connectivity index (χ4v) is 3.90. The Morgan fingerprint density at radius 3 is 2.95 bits per heavy atom. The van der Waals surface area contributed by atoms with Crippen molar-refractivity contribution in [2.45, 2.75) is 52.6 Å². The van der Waals surface area contributed by atoms with E-state index >= 15 is 0 Å². The van der Waals surface area contributed by atoms with Crippen molar-refractivity contribution >= 4 is 11.3 Å². The lowest BCUT2D eigenvalue weighted by atomic mass is 9.99. The van der Waals surface area contributed by atoms with Gasteiger partial charge in [0.05, 0.1) is 16.4 Å². The number of aromatic nitrogens is 3. The quantitative estimate of drug-likeness (QED) is 0.941. The number of hydrogen-bond acceptors (Lipinski definition) is 4. The van der Waals surface area contributed by atoms with Gasteiger partial charge in [-0.25, -0.2) is 9.97 Å². The summed E-state index contributed by atoms with van der Waals surface area (Å²) in [7, 11) is 0. The molecule has 108 valence electrons. The predicted molar refractivity (Wildman–Crippen MR) is 82.2 cm³/mol. The molecule has 0 amide bonds. The molecule has 0 bridgehead atoms. The van der Waals surface area contributed by atoms with Gasteiger partial charge in [-0.3, -0.25) is 0 Å². The predicted octanol–water partition coefficient (Wildman–Crippen LogP) is 2.93. The summed E-state index contributed by atoms with van der Waals surface area (Å²) in [5.74, 6) is 1.81. The number of nitrogens with one attached hydrogen (secondary N) is 1. The second kappa shape index (κ2) is 5.66. The second-order valence-corrected chi connectivity index (χ2v) is 6.93. The van der Waals surface area contributed by atoms with Gasteiger partial charge in [-0.15, -0.1) is 11.3 Å². The SMILES string of the molecule is Cc1cn2c(n1)[C@H](CNCc1sc(C)nc1C)CCC2. The van der Waals surface area contributed by atoms with E-state index in [1.165, 1.54) is 29.2 Å². The van der Waals surface area contributed by atoms with Crippen LogP contribution >= 0.6 is 11.3 Å². The van der Waals surface area contributed by atoms with E-state index in [-0.39, 0.29) is 0 Å². The largest absolute Gasteiger partial charge is 0.334 e. The van der Waals surface area contributed by atoms with Crippen LogP contribution in [0.15, 0.2) is 6.20 Å². The second-order valence-electron chi connectivity index (χ2n) is 5.65. The summed E-state index contributed by atoms with van der Waals surface area (Å²) < 4.78 is 2.33. The first-order valence-electron chi connectivity index (χ1n) is 7.31. The number of thiazole rings is 1. The molecule has 1 aliphatic rings. The molecule has 1 atom stereocenters. The van der Waals surface area contributed by atoms with Gasteiger partial charge in [0.15, 0.2) is 0 Å². The summed E-state index contributed by atoms with van der Waals surface area (Å²) in [6, 6.07) is 0. The van der Waals surface area contributed by atoms with Crippen molar-refractivity contribution in [1.29, 1.82) is 0 Å². The van der Waals surface area contributed by atoms with Gasteiger partial charge in [-0.2, -0.15) is 0 Å². The van der Waals surface area contributed by atoms with Gasteiger partial charge in [0.25, 0.3) is 0 Å². The van der Waals surface area contributed by atoms with Crippen molar-refractivity contribution in [1.82, 2.24) is 19.9 Å². The van der Waals surface area contributed by atoms with Crippen LogP contribution in [0.5, 0.6) is 0 Å². The van der Waals surface area contributed by atoms with Gasteiger partial charge >= 0.3 is 0 Å². The minimum atomic E-state index is 0.548. The Morgan fingerprint density at radius 2 is 2.20 bits per heavy atom. The van der Waals surface area contributed by atoms with Gasteiger partial charge in [0.2, 0.25) is 0 Å². The van der Waals surface area contributed by atoms with Crippen LogP contribution < -0.4 is 5.32 Å². The number of fused-ring (bicyclic) bond motifs is 1. The molecular formula is C15H22N4S. The van der Waals surface area contributed by atoms with Gasteiger partial charge in [-0.05, 0) is 33.6 Å². The number of hydrogen-bond donors (Lipinski definition) is 1. The monoisotopic (exact) mass is 290 g/mol. The number of aryl methyl sites for hydroxylation is 4. The number of nitrogens with zero attached hydrogens (tertiary/aromatic N) is 3. The zero-order valence-corrected chi connectivity index (χ0v) is 13.3. The van der Waals surface area contributed by atoms with Gasteiger partial charge in [0, 0.05) is 36.6 Å². The summed E-state index contributed by atoms with van der Waals surface area (Å²) in [5.41, 5.74) is 2.31. The molecule has 0 aliphatic carbocycles. The van der Waals surface area contributed by atoms with Gasteiger partial charge in [0.1, 0.15) is 5.82 Å². The molecule has 0 saturated carbocycles. The van der Waals surface area contributed by atoms with Crippen molar-refractivity contribution in [3.05, 3.63) is 33.3 Å². The molecule has 5 heteroatoms. The van der Waals surface area contributed by atoms with Gasteiger partial charge < -0.3 is 9.88 Å². The molecule has 2 aromatic heterocycles. The molecule has 0 radical (unpaired) electrons. The molecular weight excluding hydrogens is 268 g/mol. The Labute approximate surface area is 124 Å². The average Bonchev–Trinajstić information content (AvgIpc) is 2.92. The van der Waals surface area contributed by atoms with E-state index in [9.17, 15) is 0 Å². The molecule has 0 spiro atoms. The third kappa shape index (κ3) is 2.79. The van der Waals surface area contributed by atoms with Crippen LogP contribution in [0, 0.1) is 20.8 Å². The molecule has 0 fully saturated rings. The van der Waals surface area contributed by atoms with Crippen LogP contribution in [0.25, 0.3) is 0 Å². The maximum absolute atomic E-state index is 4.69. The molecule has 1 aliphatic heterocycles. The average molecular weight is 290 g/mol. The highest BCUT2D eigenvalue weighted by Gasteiger charge is 2.22. The fraction of sp³-hybridized carbons (Fsp3) is 0.600. The normalized spacial score (nSPS) is 18.2. The molecule has 3 rings (SSSR count). The van der Waals surface area contributed by atoms with Crippen LogP contribution in [0.2, 0.25) is 0 Å². The lowest BCUT2D eigenvalue weighted by Gasteiger charge is -2.23. The Balaban J connectivity index is 1.61. The molecule has 4 nitrogen and oxygen atoms in total. The van der Waals surface area contributed by atoms with Crippen LogP contribution in [0.1, 0.15) is 45.9 Å². The van der Waals surface area contributed by atoms with Crippen molar-refractivity contribution < 1.29 is 0 Å². The Hall–Kier alpha value is -1.20. The maximum atomic E-state index is 4.69. The first kappa shape index (κ1) is 13.8. The summed E-state index contributed by atoms with van der Waals surface area (Å²) in [6.45, 7) is 9.30. The van der Waals surface area contributed by atoms with Crippen LogP contribution in [-0.4, -0.2) is 21.1 Å². The van der Waals surface area contributed by atoms with E-state index in [2.05, 4.69) is 41.8 Å². The van der Waals surface area contributed by atoms with Crippen LogP contribution in [-0.2, 0) is 13.1 Å². The molecule has 3 heterocycles. The lowest BCUT2D eigenvalue weighted by molar-refractivity contribution is 0.423. The van der Waals surface area contributed by atoms with Crippen molar-refractivity contribution in [3.63, 3.8) is 0 Å². The Bertz CT molecular complexity index is 599. The summed E-state index contributed by atoms with van der Waals surface area (Å²) in [5, 5.41) is 4.75. The topological polar surface area (TPSA) is 42.7 Å². The standard InChI is InChI=1S/C15H22N4S/c1-10-9-19-6-4-5-13(15(19)17-10)7-16-8-14-11(2)18-12(3)20-14/h9,13,16H,4-8H2,1-3H3/t13-/m0/s1. The Morgan fingerprint density at radius 1 is 1.35 bits per heavy atom. The summed E-state index contributed by atoms with van der Waals surface area (Å²) >= 11 is 1.80. The smallest absolute Gasteiger partial charge is 0.113 e. The zero-order chi connectivity index (χ0) is 14.1. The minimum absolute atomic E-state index is 0.548. The molecule has 0 aromatic carbocycles. The van der Waals surface area contributed by atoms with E-state index in [0.29, 0.717) is 5.92 Å². The highest BCUT2D eigenvalue weighted by Crippen LogP contribution is 2.26. The third-order valence-electron chi connectivity index (χ3n) is 3.92. The lowest BCUT2D eigenvalue weighted by Crippen LogP contribution is -2.26. The van der Waals surface area contributed by atoms with Crippen LogP contribution in [0.3, 0.4) is 0 Å². The summed E-state index contributed by atoms with van der Waals surface area (Å²) in [6.07, 6.45) is 4.68. The Kier molecular flexibility index (Phi) is 3.89. The minimum Gasteiger partial charge on any atom is -0.334 e.